The Morgan fingerprint density at radius 2 is 1.78 bits per heavy atom. The van der Waals surface area contributed by atoms with Gasteiger partial charge in [-0.25, -0.2) is 0 Å². The fourth-order valence-electron chi connectivity index (χ4n) is 5.21. The molecule has 6 nitrogen and oxygen atoms in total. The Hall–Kier alpha value is -3.68. The van der Waals surface area contributed by atoms with E-state index in [9.17, 15) is 4.79 Å². The largest absolute Gasteiger partial charge is 0.352 e. The minimum Gasteiger partial charge on any atom is -0.352 e. The summed E-state index contributed by atoms with van der Waals surface area (Å²) in [5, 5.41) is 7.65. The minimum absolute atomic E-state index is 0.106. The SMILES string of the molecule is Cc1c(C2C(c3ccccn3)NC(=S)N2CC(=O)Nc2ccccc2)c(C)n(-c2cccc(Cl)c2)c1C. The minimum atomic E-state index is -0.233. The van der Waals surface area contributed by atoms with Gasteiger partial charge < -0.3 is 20.1 Å². The molecule has 8 heteroatoms. The van der Waals surface area contributed by atoms with Crippen LogP contribution in [0, 0.1) is 20.8 Å². The number of halogens is 1. The Labute approximate surface area is 227 Å². The van der Waals surface area contributed by atoms with Crippen LogP contribution in [0.3, 0.4) is 0 Å². The molecule has 2 atom stereocenters. The van der Waals surface area contributed by atoms with Crippen molar-refractivity contribution in [3.05, 3.63) is 112 Å². The number of anilines is 1. The number of nitrogens with zero attached hydrogens (tertiary/aromatic N) is 3. The predicted molar refractivity (Wildman–Crippen MR) is 152 cm³/mol. The van der Waals surface area contributed by atoms with Crippen molar-refractivity contribution >= 4 is 40.5 Å². The highest BCUT2D eigenvalue weighted by Gasteiger charge is 2.43. The molecule has 3 heterocycles. The van der Waals surface area contributed by atoms with Crippen LogP contribution < -0.4 is 10.6 Å². The second-order valence-electron chi connectivity index (χ2n) is 9.19. The molecule has 0 bridgehead atoms. The molecule has 1 amide bonds. The third kappa shape index (κ3) is 4.84. The summed E-state index contributed by atoms with van der Waals surface area (Å²) < 4.78 is 2.22. The molecule has 37 heavy (non-hydrogen) atoms. The number of carbonyl (C=O) groups excluding carboxylic acids is 1. The summed E-state index contributed by atoms with van der Waals surface area (Å²) in [5.74, 6) is -0.136. The van der Waals surface area contributed by atoms with Crippen LogP contribution in [0.2, 0.25) is 5.02 Å². The lowest BCUT2D eigenvalue weighted by molar-refractivity contribution is -0.116. The van der Waals surface area contributed by atoms with E-state index in [1.165, 1.54) is 0 Å². The summed E-state index contributed by atoms with van der Waals surface area (Å²) in [6.45, 7) is 6.44. The molecule has 188 valence electrons. The standard InChI is InChI=1S/C29H28ClN5OS/c1-18-19(2)35(23-13-9-10-21(30)16-23)20(3)26(18)28-27(24-14-7-8-15-31-24)33-29(37)34(28)17-25(36)32-22-11-5-4-6-12-22/h4-16,27-28H,17H2,1-3H3,(H,32,36)(H,33,37). The smallest absolute Gasteiger partial charge is 0.244 e. The summed E-state index contributed by atoms with van der Waals surface area (Å²) >= 11 is 12.1. The molecule has 0 spiro atoms. The molecule has 1 fully saturated rings. The molecule has 2 aromatic carbocycles. The number of amides is 1. The fraction of sp³-hybridized carbons (Fsp3) is 0.207. The summed E-state index contributed by atoms with van der Waals surface area (Å²) in [5.41, 5.74) is 7.06. The fourth-order valence-corrected chi connectivity index (χ4v) is 5.70. The van der Waals surface area contributed by atoms with E-state index in [1.807, 2.05) is 77.7 Å². The lowest BCUT2D eigenvalue weighted by Gasteiger charge is -2.28. The van der Waals surface area contributed by atoms with Gasteiger partial charge in [-0.3, -0.25) is 9.78 Å². The summed E-state index contributed by atoms with van der Waals surface area (Å²) in [7, 11) is 0. The molecule has 5 rings (SSSR count). The van der Waals surface area contributed by atoms with Crippen molar-refractivity contribution in [1.82, 2.24) is 19.8 Å². The van der Waals surface area contributed by atoms with E-state index in [4.69, 9.17) is 23.8 Å². The van der Waals surface area contributed by atoms with Gasteiger partial charge in [0, 0.05) is 39.5 Å². The van der Waals surface area contributed by atoms with E-state index in [0.29, 0.717) is 10.1 Å². The van der Waals surface area contributed by atoms with Crippen molar-refractivity contribution < 1.29 is 4.79 Å². The first-order valence-corrected chi connectivity index (χ1v) is 12.9. The molecule has 0 saturated carbocycles. The number of pyridine rings is 1. The Balaban J connectivity index is 1.58. The van der Waals surface area contributed by atoms with Gasteiger partial charge in [-0.1, -0.05) is 41.9 Å². The summed E-state index contributed by atoms with van der Waals surface area (Å²) in [6, 6.07) is 22.7. The van der Waals surface area contributed by atoms with E-state index in [1.54, 1.807) is 6.20 Å². The van der Waals surface area contributed by atoms with Crippen molar-refractivity contribution in [3.63, 3.8) is 0 Å². The van der Waals surface area contributed by atoms with Crippen molar-refractivity contribution in [1.29, 1.82) is 0 Å². The number of para-hydroxylation sites is 1. The van der Waals surface area contributed by atoms with Gasteiger partial charge >= 0.3 is 0 Å². The molecular formula is C29H28ClN5OS. The summed E-state index contributed by atoms with van der Waals surface area (Å²) in [6.07, 6.45) is 1.78. The molecule has 0 radical (unpaired) electrons. The summed E-state index contributed by atoms with van der Waals surface area (Å²) in [4.78, 5) is 19.8. The van der Waals surface area contributed by atoms with Gasteiger partial charge in [0.05, 0.1) is 17.8 Å². The van der Waals surface area contributed by atoms with E-state index < -0.39 is 0 Å². The highest BCUT2D eigenvalue weighted by atomic mass is 35.5. The number of hydrogen-bond acceptors (Lipinski definition) is 3. The van der Waals surface area contributed by atoms with Gasteiger partial charge in [-0.05, 0) is 81.0 Å². The first kappa shape index (κ1) is 25.0. The Morgan fingerprint density at radius 1 is 1.03 bits per heavy atom. The van der Waals surface area contributed by atoms with Crippen LogP contribution in [-0.4, -0.2) is 32.0 Å². The highest BCUT2D eigenvalue weighted by Crippen LogP contribution is 2.43. The van der Waals surface area contributed by atoms with Gasteiger partial charge in [0.2, 0.25) is 5.91 Å². The number of rotatable bonds is 6. The van der Waals surface area contributed by atoms with Crippen molar-refractivity contribution in [2.75, 3.05) is 11.9 Å². The molecular weight excluding hydrogens is 502 g/mol. The number of hydrogen-bond donors (Lipinski definition) is 2. The molecule has 4 aromatic rings. The van der Waals surface area contributed by atoms with Gasteiger partial charge in [-0.15, -0.1) is 0 Å². The van der Waals surface area contributed by atoms with Crippen LogP contribution in [0.1, 0.15) is 40.3 Å². The maximum absolute atomic E-state index is 13.2. The van der Waals surface area contributed by atoms with Crippen LogP contribution in [0.5, 0.6) is 0 Å². The van der Waals surface area contributed by atoms with E-state index in [-0.39, 0.29) is 24.5 Å². The van der Waals surface area contributed by atoms with E-state index >= 15 is 0 Å². The molecule has 2 aromatic heterocycles. The molecule has 2 N–H and O–H groups in total. The normalized spacial score (nSPS) is 17.1. The number of carbonyl (C=O) groups is 1. The topological polar surface area (TPSA) is 62.2 Å². The predicted octanol–water partition coefficient (Wildman–Crippen LogP) is 6.06. The van der Waals surface area contributed by atoms with Gasteiger partial charge in [0.25, 0.3) is 0 Å². The average Bonchev–Trinajstić information content (AvgIpc) is 3.31. The monoisotopic (exact) mass is 529 g/mol. The van der Waals surface area contributed by atoms with Gasteiger partial charge in [0.1, 0.15) is 6.54 Å². The molecule has 1 saturated heterocycles. The van der Waals surface area contributed by atoms with E-state index in [2.05, 4.69) is 41.0 Å². The third-order valence-electron chi connectivity index (χ3n) is 6.94. The first-order valence-electron chi connectivity index (χ1n) is 12.1. The Kier molecular flexibility index (Phi) is 7.00. The molecule has 2 unspecified atom stereocenters. The van der Waals surface area contributed by atoms with Crippen molar-refractivity contribution in [2.24, 2.45) is 0 Å². The second kappa shape index (κ2) is 10.4. The maximum Gasteiger partial charge on any atom is 0.244 e. The lowest BCUT2D eigenvalue weighted by Crippen LogP contribution is -2.37. The van der Waals surface area contributed by atoms with Gasteiger partial charge in [0.15, 0.2) is 5.11 Å². The second-order valence-corrected chi connectivity index (χ2v) is 10.0. The van der Waals surface area contributed by atoms with Crippen LogP contribution in [-0.2, 0) is 4.79 Å². The van der Waals surface area contributed by atoms with Crippen LogP contribution >= 0.6 is 23.8 Å². The zero-order valence-electron chi connectivity index (χ0n) is 20.9. The zero-order chi connectivity index (χ0) is 26.1. The average molecular weight is 530 g/mol. The Bertz CT molecular complexity index is 1450. The first-order chi connectivity index (χ1) is 17.8. The third-order valence-corrected chi connectivity index (χ3v) is 7.53. The Morgan fingerprint density at radius 3 is 2.49 bits per heavy atom. The van der Waals surface area contributed by atoms with E-state index in [0.717, 1.165) is 39.6 Å². The maximum atomic E-state index is 13.2. The molecule has 0 aliphatic carbocycles. The molecule has 1 aliphatic heterocycles. The van der Waals surface area contributed by atoms with Crippen LogP contribution in [0.25, 0.3) is 5.69 Å². The van der Waals surface area contributed by atoms with Crippen LogP contribution in [0.4, 0.5) is 5.69 Å². The number of nitrogens with one attached hydrogen (secondary N) is 2. The lowest BCUT2D eigenvalue weighted by atomic mass is 9.93. The van der Waals surface area contributed by atoms with Crippen molar-refractivity contribution in [2.45, 2.75) is 32.9 Å². The van der Waals surface area contributed by atoms with Crippen LogP contribution in [0.15, 0.2) is 79.0 Å². The zero-order valence-corrected chi connectivity index (χ0v) is 22.5. The molecule has 1 aliphatic rings. The number of aromatic nitrogens is 2. The van der Waals surface area contributed by atoms with Crippen molar-refractivity contribution in [3.8, 4) is 5.69 Å². The van der Waals surface area contributed by atoms with Gasteiger partial charge in [-0.2, -0.15) is 0 Å². The number of benzene rings is 2. The number of thiocarbonyl (C=S) groups is 1. The quantitative estimate of drug-likeness (QED) is 0.297. The highest BCUT2D eigenvalue weighted by molar-refractivity contribution is 7.80.